The lowest BCUT2D eigenvalue weighted by atomic mass is 10.0. The van der Waals surface area contributed by atoms with Crippen LogP contribution in [0.4, 0.5) is 0 Å². The van der Waals surface area contributed by atoms with Crippen LogP contribution in [-0.4, -0.2) is 18.9 Å². The summed E-state index contributed by atoms with van der Waals surface area (Å²) in [4.78, 5) is 10.9. The number of Topliss-reactive ketones (excluding diaryl/α,β-unsaturated/α-hetero) is 1. The van der Waals surface area contributed by atoms with Crippen molar-refractivity contribution in [2.24, 2.45) is 5.73 Å². The van der Waals surface area contributed by atoms with Crippen molar-refractivity contribution in [1.82, 2.24) is 0 Å². The third-order valence-corrected chi connectivity index (χ3v) is 2.11. The molecule has 0 spiro atoms. The first-order chi connectivity index (χ1) is 6.63. The van der Waals surface area contributed by atoms with Gasteiger partial charge < -0.3 is 10.5 Å². The maximum atomic E-state index is 10.9. The van der Waals surface area contributed by atoms with E-state index in [1.54, 1.807) is 7.11 Å². The first kappa shape index (κ1) is 10.7. The topological polar surface area (TPSA) is 52.3 Å². The van der Waals surface area contributed by atoms with E-state index < -0.39 is 6.04 Å². The lowest BCUT2D eigenvalue weighted by molar-refractivity contribution is -0.118. The second kappa shape index (κ2) is 4.77. The first-order valence-electron chi connectivity index (χ1n) is 4.52. The Morgan fingerprint density at radius 3 is 2.86 bits per heavy atom. The monoisotopic (exact) mass is 193 g/mol. The van der Waals surface area contributed by atoms with Crippen molar-refractivity contribution in [1.29, 1.82) is 0 Å². The number of ether oxygens (including phenoxy) is 1. The molecule has 0 bridgehead atoms. The first-order valence-corrected chi connectivity index (χ1v) is 4.52. The molecule has 0 aliphatic rings. The minimum Gasteiger partial charge on any atom is -0.497 e. The third kappa shape index (κ3) is 2.85. The summed E-state index contributed by atoms with van der Waals surface area (Å²) in [6.07, 6.45) is 0.562. The van der Waals surface area contributed by atoms with Gasteiger partial charge in [-0.3, -0.25) is 4.79 Å². The van der Waals surface area contributed by atoms with Crippen molar-refractivity contribution in [3.05, 3.63) is 29.8 Å². The van der Waals surface area contributed by atoms with Crippen molar-refractivity contribution < 1.29 is 9.53 Å². The van der Waals surface area contributed by atoms with Gasteiger partial charge in [0.1, 0.15) is 11.5 Å². The number of benzene rings is 1. The SMILES string of the molecule is COc1cccc(CC(N)C(C)=O)c1. The fourth-order valence-electron chi connectivity index (χ4n) is 1.20. The molecular weight excluding hydrogens is 178 g/mol. The van der Waals surface area contributed by atoms with E-state index in [1.165, 1.54) is 6.92 Å². The van der Waals surface area contributed by atoms with Gasteiger partial charge in [-0.05, 0) is 31.0 Å². The van der Waals surface area contributed by atoms with Gasteiger partial charge in [0.05, 0.1) is 13.2 Å². The molecule has 0 heterocycles. The van der Waals surface area contributed by atoms with E-state index in [9.17, 15) is 4.79 Å². The molecule has 3 heteroatoms. The van der Waals surface area contributed by atoms with Crippen molar-refractivity contribution in [3.63, 3.8) is 0 Å². The summed E-state index contributed by atoms with van der Waals surface area (Å²) in [6.45, 7) is 1.50. The molecule has 1 unspecified atom stereocenters. The molecule has 0 radical (unpaired) electrons. The van der Waals surface area contributed by atoms with Gasteiger partial charge in [-0.15, -0.1) is 0 Å². The zero-order chi connectivity index (χ0) is 10.6. The maximum absolute atomic E-state index is 10.9. The summed E-state index contributed by atoms with van der Waals surface area (Å²) >= 11 is 0. The van der Waals surface area contributed by atoms with Crippen LogP contribution in [0.15, 0.2) is 24.3 Å². The zero-order valence-electron chi connectivity index (χ0n) is 8.49. The van der Waals surface area contributed by atoms with Crippen molar-refractivity contribution >= 4 is 5.78 Å². The van der Waals surface area contributed by atoms with Crippen LogP contribution < -0.4 is 10.5 Å². The van der Waals surface area contributed by atoms with E-state index in [0.717, 1.165) is 11.3 Å². The summed E-state index contributed by atoms with van der Waals surface area (Å²) in [6, 6.07) is 7.17. The van der Waals surface area contributed by atoms with Crippen LogP contribution in [0.5, 0.6) is 5.75 Å². The third-order valence-electron chi connectivity index (χ3n) is 2.11. The molecule has 0 saturated carbocycles. The second-order valence-electron chi connectivity index (χ2n) is 3.27. The fraction of sp³-hybridized carbons (Fsp3) is 0.364. The molecule has 14 heavy (non-hydrogen) atoms. The van der Waals surface area contributed by atoms with Crippen LogP contribution in [0.2, 0.25) is 0 Å². The molecule has 0 aromatic heterocycles. The van der Waals surface area contributed by atoms with Crippen LogP contribution in [-0.2, 0) is 11.2 Å². The average Bonchev–Trinajstić information content (AvgIpc) is 2.18. The highest BCUT2D eigenvalue weighted by atomic mass is 16.5. The Balaban J connectivity index is 2.71. The van der Waals surface area contributed by atoms with E-state index in [2.05, 4.69) is 0 Å². The Bertz CT molecular complexity index is 323. The number of methoxy groups -OCH3 is 1. The fourth-order valence-corrected chi connectivity index (χ4v) is 1.20. The molecular formula is C11H15NO2. The van der Waals surface area contributed by atoms with Crippen LogP contribution in [0.1, 0.15) is 12.5 Å². The van der Waals surface area contributed by atoms with E-state index in [1.807, 2.05) is 24.3 Å². The Morgan fingerprint density at radius 2 is 2.29 bits per heavy atom. The summed E-state index contributed by atoms with van der Waals surface area (Å²) in [5.74, 6) is 0.797. The molecule has 1 rings (SSSR count). The second-order valence-corrected chi connectivity index (χ2v) is 3.27. The molecule has 3 nitrogen and oxygen atoms in total. The number of ketones is 1. The highest BCUT2D eigenvalue weighted by Gasteiger charge is 2.08. The van der Waals surface area contributed by atoms with Gasteiger partial charge in [0.2, 0.25) is 0 Å². The van der Waals surface area contributed by atoms with Gasteiger partial charge in [-0.25, -0.2) is 0 Å². The molecule has 2 N–H and O–H groups in total. The van der Waals surface area contributed by atoms with Crippen molar-refractivity contribution in [2.75, 3.05) is 7.11 Å². The van der Waals surface area contributed by atoms with Crippen LogP contribution in [0, 0.1) is 0 Å². The van der Waals surface area contributed by atoms with E-state index in [4.69, 9.17) is 10.5 Å². The largest absolute Gasteiger partial charge is 0.497 e. The van der Waals surface area contributed by atoms with Gasteiger partial charge in [0.15, 0.2) is 0 Å². The molecule has 1 aromatic carbocycles. The molecule has 0 saturated heterocycles. The van der Waals surface area contributed by atoms with Gasteiger partial charge in [0, 0.05) is 0 Å². The molecule has 0 amide bonds. The van der Waals surface area contributed by atoms with Crippen LogP contribution in [0.3, 0.4) is 0 Å². The van der Waals surface area contributed by atoms with E-state index >= 15 is 0 Å². The van der Waals surface area contributed by atoms with E-state index in [0.29, 0.717) is 6.42 Å². The molecule has 0 aliphatic carbocycles. The van der Waals surface area contributed by atoms with Crippen molar-refractivity contribution in [2.45, 2.75) is 19.4 Å². The lowest BCUT2D eigenvalue weighted by Gasteiger charge is -2.08. The van der Waals surface area contributed by atoms with E-state index in [-0.39, 0.29) is 5.78 Å². The molecule has 1 atom stereocenters. The molecule has 0 aliphatic heterocycles. The molecule has 1 aromatic rings. The average molecular weight is 193 g/mol. The highest BCUT2D eigenvalue weighted by Crippen LogP contribution is 2.13. The quantitative estimate of drug-likeness (QED) is 0.780. The number of carbonyl (C=O) groups is 1. The van der Waals surface area contributed by atoms with Crippen LogP contribution >= 0.6 is 0 Å². The van der Waals surface area contributed by atoms with Gasteiger partial charge in [0.25, 0.3) is 0 Å². The molecule has 76 valence electrons. The van der Waals surface area contributed by atoms with Gasteiger partial charge in [-0.2, -0.15) is 0 Å². The predicted molar refractivity (Wildman–Crippen MR) is 55.4 cm³/mol. The number of hydrogen-bond acceptors (Lipinski definition) is 3. The molecule has 0 fully saturated rings. The lowest BCUT2D eigenvalue weighted by Crippen LogP contribution is -2.30. The van der Waals surface area contributed by atoms with Crippen LogP contribution in [0.25, 0.3) is 0 Å². The number of hydrogen-bond donors (Lipinski definition) is 1. The minimum atomic E-state index is -0.415. The summed E-state index contributed by atoms with van der Waals surface area (Å²) in [5, 5.41) is 0. The highest BCUT2D eigenvalue weighted by molar-refractivity contribution is 5.81. The Labute approximate surface area is 83.9 Å². The van der Waals surface area contributed by atoms with Gasteiger partial charge >= 0.3 is 0 Å². The zero-order valence-corrected chi connectivity index (χ0v) is 8.49. The maximum Gasteiger partial charge on any atom is 0.146 e. The predicted octanol–water partition coefficient (Wildman–Crippen LogP) is 1.15. The van der Waals surface area contributed by atoms with Crippen molar-refractivity contribution in [3.8, 4) is 5.75 Å². The van der Waals surface area contributed by atoms with Gasteiger partial charge in [-0.1, -0.05) is 12.1 Å². The smallest absolute Gasteiger partial charge is 0.146 e. The number of nitrogens with two attached hydrogens (primary N) is 1. The minimum absolute atomic E-state index is 0.00724. The number of carbonyl (C=O) groups excluding carboxylic acids is 1. The summed E-state index contributed by atoms with van der Waals surface area (Å²) in [5.41, 5.74) is 6.67. The Hall–Kier alpha value is -1.35. The number of rotatable bonds is 4. The summed E-state index contributed by atoms with van der Waals surface area (Å²) < 4.78 is 5.07. The normalized spacial score (nSPS) is 12.2. The Morgan fingerprint density at radius 1 is 1.57 bits per heavy atom. The summed E-state index contributed by atoms with van der Waals surface area (Å²) in [7, 11) is 1.62. The Kier molecular flexibility index (Phi) is 3.65. The standard InChI is InChI=1S/C11H15NO2/c1-8(13)11(12)7-9-4-3-5-10(6-9)14-2/h3-6,11H,7,12H2,1-2H3.